The lowest BCUT2D eigenvalue weighted by atomic mass is 10.3. The fourth-order valence-corrected chi connectivity index (χ4v) is 2.41. The third-order valence-electron chi connectivity index (χ3n) is 3.06. The van der Waals surface area contributed by atoms with E-state index in [1.807, 2.05) is 0 Å². The van der Waals surface area contributed by atoms with Crippen molar-refractivity contribution in [3.63, 3.8) is 0 Å². The molecule has 1 heterocycles. The normalized spacial score (nSPS) is 13.8. The van der Waals surface area contributed by atoms with Crippen LogP contribution < -0.4 is 10.6 Å². The number of benzene rings is 1. The second kappa shape index (κ2) is 5.92. The Morgan fingerprint density at radius 2 is 1.81 bits per heavy atom. The van der Waals surface area contributed by atoms with Crippen molar-refractivity contribution in [3.05, 3.63) is 52.3 Å². The molecular formula is C15H13Cl2N3O. The second-order valence-electron chi connectivity index (χ2n) is 4.96. The van der Waals surface area contributed by atoms with Crippen LogP contribution in [0.2, 0.25) is 10.0 Å². The summed E-state index contributed by atoms with van der Waals surface area (Å²) in [4.78, 5) is 16.0. The summed E-state index contributed by atoms with van der Waals surface area (Å²) in [7, 11) is 0. The molecule has 2 N–H and O–H groups in total. The zero-order valence-corrected chi connectivity index (χ0v) is 12.6. The van der Waals surface area contributed by atoms with Gasteiger partial charge in [-0.1, -0.05) is 23.2 Å². The Labute approximate surface area is 132 Å². The summed E-state index contributed by atoms with van der Waals surface area (Å²) in [5.74, 6) is -0.130. The van der Waals surface area contributed by atoms with E-state index in [-0.39, 0.29) is 5.91 Å². The van der Waals surface area contributed by atoms with Gasteiger partial charge in [-0.15, -0.1) is 0 Å². The van der Waals surface area contributed by atoms with Gasteiger partial charge in [0.05, 0.1) is 11.9 Å². The number of aromatic nitrogens is 1. The summed E-state index contributed by atoms with van der Waals surface area (Å²) in [6, 6.07) is 9.00. The van der Waals surface area contributed by atoms with Crippen LogP contribution in [0.3, 0.4) is 0 Å². The van der Waals surface area contributed by atoms with Crippen LogP contribution in [0, 0.1) is 0 Å². The second-order valence-corrected chi connectivity index (χ2v) is 5.84. The van der Waals surface area contributed by atoms with Crippen LogP contribution in [-0.4, -0.2) is 16.9 Å². The van der Waals surface area contributed by atoms with E-state index in [4.69, 9.17) is 23.2 Å². The van der Waals surface area contributed by atoms with Crippen LogP contribution in [0.1, 0.15) is 23.3 Å². The maximum absolute atomic E-state index is 11.8. The standard InChI is InChI=1S/C15H13Cl2N3O/c16-9-5-10(17)7-13(6-9)19-12-3-4-14(18-8-12)15(21)20-11-1-2-11/h3-8,11,19H,1-2H2,(H,20,21). The van der Waals surface area contributed by atoms with Gasteiger partial charge in [-0.25, -0.2) is 4.98 Å². The molecule has 0 spiro atoms. The Bertz CT molecular complexity index is 649. The smallest absolute Gasteiger partial charge is 0.270 e. The summed E-state index contributed by atoms with van der Waals surface area (Å²) in [5, 5.41) is 7.15. The Morgan fingerprint density at radius 3 is 2.38 bits per heavy atom. The summed E-state index contributed by atoms with van der Waals surface area (Å²) < 4.78 is 0. The van der Waals surface area contributed by atoms with Crippen LogP contribution in [0.15, 0.2) is 36.5 Å². The van der Waals surface area contributed by atoms with Gasteiger partial charge in [0.25, 0.3) is 5.91 Å². The van der Waals surface area contributed by atoms with Crippen molar-refractivity contribution < 1.29 is 4.79 Å². The Hall–Kier alpha value is -1.78. The van der Waals surface area contributed by atoms with E-state index >= 15 is 0 Å². The minimum absolute atomic E-state index is 0.130. The van der Waals surface area contributed by atoms with Crippen molar-refractivity contribution in [1.82, 2.24) is 10.3 Å². The number of nitrogens with one attached hydrogen (secondary N) is 2. The fraction of sp³-hybridized carbons (Fsp3) is 0.200. The molecule has 0 atom stereocenters. The number of carbonyl (C=O) groups is 1. The molecule has 1 aliphatic carbocycles. The molecule has 6 heteroatoms. The van der Waals surface area contributed by atoms with Gasteiger partial charge in [-0.3, -0.25) is 4.79 Å². The van der Waals surface area contributed by atoms with Crippen LogP contribution in [0.25, 0.3) is 0 Å². The van der Waals surface area contributed by atoms with Crippen molar-refractivity contribution in [2.24, 2.45) is 0 Å². The highest BCUT2D eigenvalue weighted by Crippen LogP contribution is 2.25. The first kappa shape index (κ1) is 14.2. The Balaban J connectivity index is 1.69. The summed E-state index contributed by atoms with van der Waals surface area (Å²) in [6.45, 7) is 0. The van der Waals surface area contributed by atoms with Crippen LogP contribution >= 0.6 is 23.2 Å². The number of halogens is 2. The zero-order chi connectivity index (χ0) is 14.8. The van der Waals surface area contributed by atoms with Gasteiger partial charge < -0.3 is 10.6 Å². The maximum Gasteiger partial charge on any atom is 0.270 e. The highest BCUT2D eigenvalue weighted by Gasteiger charge is 2.24. The van der Waals surface area contributed by atoms with Gasteiger partial charge in [0.2, 0.25) is 0 Å². The monoisotopic (exact) mass is 321 g/mol. The fourth-order valence-electron chi connectivity index (χ4n) is 1.88. The molecule has 0 saturated heterocycles. The van der Waals surface area contributed by atoms with E-state index in [2.05, 4.69) is 15.6 Å². The largest absolute Gasteiger partial charge is 0.354 e. The molecule has 0 radical (unpaired) electrons. The molecule has 0 bridgehead atoms. The molecule has 108 valence electrons. The quantitative estimate of drug-likeness (QED) is 0.894. The number of hydrogen-bond donors (Lipinski definition) is 2. The van der Waals surface area contributed by atoms with Crippen LogP contribution in [-0.2, 0) is 0 Å². The molecule has 21 heavy (non-hydrogen) atoms. The molecule has 1 fully saturated rings. The molecule has 1 aromatic carbocycles. The van der Waals surface area contributed by atoms with E-state index in [0.29, 0.717) is 21.8 Å². The topological polar surface area (TPSA) is 54.0 Å². The van der Waals surface area contributed by atoms with E-state index in [1.54, 1.807) is 36.5 Å². The lowest BCUT2D eigenvalue weighted by molar-refractivity contribution is 0.0946. The van der Waals surface area contributed by atoms with Crippen molar-refractivity contribution in [2.75, 3.05) is 5.32 Å². The molecule has 2 aromatic rings. The molecule has 4 nitrogen and oxygen atoms in total. The van der Waals surface area contributed by atoms with Gasteiger partial charge in [-0.2, -0.15) is 0 Å². The SMILES string of the molecule is O=C(NC1CC1)c1ccc(Nc2cc(Cl)cc(Cl)c2)cn1. The third-order valence-corrected chi connectivity index (χ3v) is 3.50. The van der Waals surface area contributed by atoms with E-state index in [0.717, 1.165) is 24.2 Å². The zero-order valence-electron chi connectivity index (χ0n) is 11.1. The highest BCUT2D eigenvalue weighted by atomic mass is 35.5. The highest BCUT2D eigenvalue weighted by molar-refractivity contribution is 6.35. The molecule has 1 aromatic heterocycles. The van der Waals surface area contributed by atoms with Gasteiger partial charge in [0.1, 0.15) is 5.69 Å². The van der Waals surface area contributed by atoms with E-state index in [9.17, 15) is 4.79 Å². The van der Waals surface area contributed by atoms with Gasteiger partial charge in [-0.05, 0) is 43.2 Å². The van der Waals surface area contributed by atoms with Crippen molar-refractivity contribution in [1.29, 1.82) is 0 Å². The molecule has 3 rings (SSSR count). The predicted octanol–water partition coefficient (Wildman–Crippen LogP) is 4.02. The minimum Gasteiger partial charge on any atom is -0.354 e. The molecular weight excluding hydrogens is 309 g/mol. The predicted molar refractivity (Wildman–Crippen MR) is 84.5 cm³/mol. The average molecular weight is 322 g/mol. The van der Waals surface area contributed by atoms with Crippen molar-refractivity contribution in [3.8, 4) is 0 Å². The first-order valence-electron chi connectivity index (χ1n) is 6.60. The van der Waals surface area contributed by atoms with Crippen LogP contribution in [0.4, 0.5) is 11.4 Å². The number of rotatable bonds is 4. The number of anilines is 2. The summed E-state index contributed by atoms with van der Waals surface area (Å²) in [6.07, 6.45) is 3.72. The number of pyridine rings is 1. The lowest BCUT2D eigenvalue weighted by Gasteiger charge is -2.08. The van der Waals surface area contributed by atoms with Gasteiger partial charge in [0, 0.05) is 21.8 Å². The first-order valence-corrected chi connectivity index (χ1v) is 7.36. The van der Waals surface area contributed by atoms with Crippen molar-refractivity contribution >= 4 is 40.5 Å². The Morgan fingerprint density at radius 1 is 1.10 bits per heavy atom. The van der Waals surface area contributed by atoms with Gasteiger partial charge >= 0.3 is 0 Å². The number of hydrogen-bond acceptors (Lipinski definition) is 3. The molecule has 1 aliphatic rings. The van der Waals surface area contributed by atoms with Crippen LogP contribution in [0.5, 0.6) is 0 Å². The first-order chi connectivity index (χ1) is 10.1. The number of amides is 1. The number of nitrogens with zero attached hydrogens (tertiary/aromatic N) is 1. The lowest BCUT2D eigenvalue weighted by Crippen LogP contribution is -2.26. The third kappa shape index (κ3) is 3.86. The molecule has 0 unspecified atom stereocenters. The summed E-state index contributed by atoms with van der Waals surface area (Å²) in [5.41, 5.74) is 1.94. The minimum atomic E-state index is -0.130. The maximum atomic E-state index is 11.8. The molecule has 1 saturated carbocycles. The van der Waals surface area contributed by atoms with Crippen molar-refractivity contribution in [2.45, 2.75) is 18.9 Å². The van der Waals surface area contributed by atoms with E-state index in [1.165, 1.54) is 0 Å². The summed E-state index contributed by atoms with van der Waals surface area (Å²) >= 11 is 11.9. The number of carbonyl (C=O) groups excluding carboxylic acids is 1. The van der Waals surface area contributed by atoms with Gasteiger partial charge in [0.15, 0.2) is 0 Å². The van der Waals surface area contributed by atoms with E-state index < -0.39 is 0 Å². The molecule has 1 amide bonds. The average Bonchev–Trinajstić information content (AvgIpc) is 3.22. The Kier molecular flexibility index (Phi) is 3.99. The molecule has 0 aliphatic heterocycles.